The van der Waals surface area contributed by atoms with Crippen LogP contribution in [0.1, 0.15) is 29.3 Å². The lowest BCUT2D eigenvalue weighted by Gasteiger charge is -2.16. The third-order valence-electron chi connectivity index (χ3n) is 2.84. The fourth-order valence-corrected chi connectivity index (χ4v) is 1.62. The zero-order valence-electron chi connectivity index (χ0n) is 11.4. The van der Waals surface area contributed by atoms with Gasteiger partial charge in [-0.3, -0.25) is 4.79 Å². The lowest BCUT2D eigenvalue weighted by molar-refractivity contribution is 0.0937. The van der Waals surface area contributed by atoms with Gasteiger partial charge in [-0.15, -0.1) is 0 Å². The molecule has 18 heavy (non-hydrogen) atoms. The van der Waals surface area contributed by atoms with Crippen molar-refractivity contribution in [3.05, 3.63) is 35.4 Å². The topological polar surface area (TPSA) is 58.4 Å². The van der Waals surface area contributed by atoms with Gasteiger partial charge in [0.15, 0.2) is 0 Å². The number of amides is 1. The predicted octanol–water partition coefficient (Wildman–Crippen LogP) is 1.22. The summed E-state index contributed by atoms with van der Waals surface area (Å²) in [5.41, 5.74) is 7.24. The number of nitrogens with two attached hydrogens (primary N) is 1. The number of rotatable bonds is 6. The zero-order valence-corrected chi connectivity index (χ0v) is 11.4. The lowest BCUT2D eigenvalue weighted by atomic mass is 10.1. The number of hydrogen-bond donors (Lipinski definition) is 2. The molecule has 0 bridgehead atoms. The first kappa shape index (κ1) is 14.7. The van der Waals surface area contributed by atoms with E-state index in [4.69, 9.17) is 5.73 Å². The highest BCUT2D eigenvalue weighted by molar-refractivity contribution is 5.94. The maximum Gasteiger partial charge on any atom is 0.251 e. The van der Waals surface area contributed by atoms with Crippen LogP contribution in [0.4, 0.5) is 0 Å². The lowest BCUT2D eigenvalue weighted by Crippen LogP contribution is -2.34. The van der Waals surface area contributed by atoms with E-state index in [2.05, 4.69) is 10.2 Å². The van der Waals surface area contributed by atoms with Crippen molar-refractivity contribution in [1.82, 2.24) is 10.2 Å². The van der Waals surface area contributed by atoms with E-state index in [0.29, 0.717) is 12.1 Å². The minimum Gasteiger partial charge on any atom is -0.350 e. The molecule has 0 saturated carbocycles. The van der Waals surface area contributed by atoms with Gasteiger partial charge in [0, 0.05) is 18.2 Å². The third-order valence-corrected chi connectivity index (χ3v) is 2.84. The molecule has 1 amide bonds. The Morgan fingerprint density at radius 2 is 1.94 bits per heavy atom. The highest BCUT2D eigenvalue weighted by Crippen LogP contribution is 2.04. The van der Waals surface area contributed by atoms with Crippen LogP contribution in [0.15, 0.2) is 24.3 Å². The van der Waals surface area contributed by atoms with E-state index < -0.39 is 0 Å². The minimum absolute atomic E-state index is 0.0233. The van der Waals surface area contributed by atoms with Crippen LogP contribution in [0.2, 0.25) is 0 Å². The Labute approximate surface area is 109 Å². The molecule has 4 nitrogen and oxygen atoms in total. The van der Waals surface area contributed by atoms with Crippen LogP contribution in [0.3, 0.4) is 0 Å². The van der Waals surface area contributed by atoms with Gasteiger partial charge in [-0.05, 0) is 51.7 Å². The third kappa shape index (κ3) is 4.85. The van der Waals surface area contributed by atoms with Gasteiger partial charge < -0.3 is 16.0 Å². The number of nitrogens with zero attached hydrogens (tertiary/aromatic N) is 1. The Bertz CT molecular complexity index is 373. The fraction of sp³-hybridized carbons (Fsp3) is 0.500. The Hall–Kier alpha value is -1.39. The standard InChI is InChI=1S/C14H23N3O/c1-11(8-9-17(2)3)16-14(18)13-6-4-12(10-15)5-7-13/h4-7,11H,8-10,15H2,1-3H3,(H,16,18). The monoisotopic (exact) mass is 249 g/mol. The van der Waals surface area contributed by atoms with E-state index in [1.54, 1.807) is 0 Å². The Morgan fingerprint density at radius 3 is 2.44 bits per heavy atom. The van der Waals surface area contributed by atoms with Gasteiger partial charge in [0.25, 0.3) is 5.91 Å². The Morgan fingerprint density at radius 1 is 1.33 bits per heavy atom. The summed E-state index contributed by atoms with van der Waals surface area (Å²) >= 11 is 0. The summed E-state index contributed by atoms with van der Waals surface area (Å²) in [6.45, 7) is 3.49. The average molecular weight is 249 g/mol. The van der Waals surface area contributed by atoms with Gasteiger partial charge in [0.05, 0.1) is 0 Å². The molecule has 1 aromatic rings. The molecule has 1 unspecified atom stereocenters. The maximum absolute atomic E-state index is 11.9. The molecule has 0 aliphatic heterocycles. The normalized spacial score (nSPS) is 12.5. The SMILES string of the molecule is CC(CCN(C)C)NC(=O)c1ccc(CN)cc1. The molecule has 1 rings (SSSR count). The molecule has 0 aliphatic carbocycles. The molecular weight excluding hydrogens is 226 g/mol. The summed E-state index contributed by atoms with van der Waals surface area (Å²) < 4.78 is 0. The van der Waals surface area contributed by atoms with E-state index in [-0.39, 0.29) is 11.9 Å². The van der Waals surface area contributed by atoms with Gasteiger partial charge >= 0.3 is 0 Å². The van der Waals surface area contributed by atoms with Crippen LogP contribution in [-0.4, -0.2) is 37.5 Å². The van der Waals surface area contributed by atoms with Crippen molar-refractivity contribution >= 4 is 5.91 Å². The van der Waals surface area contributed by atoms with Crippen LogP contribution in [0.5, 0.6) is 0 Å². The second kappa shape index (κ2) is 7.13. The van der Waals surface area contributed by atoms with Crippen LogP contribution < -0.4 is 11.1 Å². The second-order valence-corrected chi connectivity index (χ2v) is 4.87. The van der Waals surface area contributed by atoms with E-state index in [1.165, 1.54) is 0 Å². The van der Waals surface area contributed by atoms with E-state index in [0.717, 1.165) is 18.5 Å². The average Bonchev–Trinajstić information content (AvgIpc) is 2.36. The maximum atomic E-state index is 11.9. The number of carbonyl (C=O) groups excluding carboxylic acids is 1. The van der Waals surface area contributed by atoms with E-state index >= 15 is 0 Å². The van der Waals surface area contributed by atoms with Crippen LogP contribution in [0, 0.1) is 0 Å². The Balaban J connectivity index is 2.48. The molecule has 0 aromatic heterocycles. The number of hydrogen-bond acceptors (Lipinski definition) is 3. The summed E-state index contributed by atoms with van der Waals surface area (Å²) in [7, 11) is 4.06. The summed E-state index contributed by atoms with van der Waals surface area (Å²) in [6.07, 6.45) is 0.944. The molecule has 3 N–H and O–H groups in total. The van der Waals surface area contributed by atoms with Crippen molar-refractivity contribution in [3.8, 4) is 0 Å². The van der Waals surface area contributed by atoms with Crippen molar-refractivity contribution in [3.63, 3.8) is 0 Å². The van der Waals surface area contributed by atoms with Crippen molar-refractivity contribution < 1.29 is 4.79 Å². The smallest absolute Gasteiger partial charge is 0.251 e. The van der Waals surface area contributed by atoms with Gasteiger partial charge in [0.1, 0.15) is 0 Å². The van der Waals surface area contributed by atoms with Crippen molar-refractivity contribution in [1.29, 1.82) is 0 Å². The molecule has 0 saturated heterocycles. The first-order valence-electron chi connectivity index (χ1n) is 6.27. The van der Waals surface area contributed by atoms with Gasteiger partial charge in [-0.1, -0.05) is 12.1 Å². The molecule has 0 aliphatic rings. The second-order valence-electron chi connectivity index (χ2n) is 4.87. The van der Waals surface area contributed by atoms with E-state index in [1.807, 2.05) is 45.3 Å². The zero-order chi connectivity index (χ0) is 13.5. The number of benzene rings is 1. The van der Waals surface area contributed by atoms with Crippen LogP contribution in [-0.2, 0) is 6.54 Å². The Kier molecular flexibility index (Phi) is 5.82. The minimum atomic E-state index is -0.0233. The van der Waals surface area contributed by atoms with Crippen molar-refractivity contribution in [2.75, 3.05) is 20.6 Å². The van der Waals surface area contributed by atoms with E-state index in [9.17, 15) is 4.79 Å². The summed E-state index contributed by atoms with van der Waals surface area (Å²) in [6, 6.07) is 7.58. The molecule has 4 heteroatoms. The predicted molar refractivity (Wildman–Crippen MR) is 74.4 cm³/mol. The van der Waals surface area contributed by atoms with Gasteiger partial charge in [0.2, 0.25) is 0 Å². The molecule has 100 valence electrons. The molecule has 0 radical (unpaired) electrons. The molecule has 0 heterocycles. The summed E-state index contributed by atoms with van der Waals surface area (Å²) in [4.78, 5) is 14.1. The molecular formula is C14H23N3O. The molecule has 1 aromatic carbocycles. The first-order valence-corrected chi connectivity index (χ1v) is 6.27. The number of carbonyl (C=O) groups is 1. The number of nitrogens with one attached hydrogen (secondary N) is 1. The first-order chi connectivity index (χ1) is 8.52. The van der Waals surface area contributed by atoms with Gasteiger partial charge in [-0.2, -0.15) is 0 Å². The highest BCUT2D eigenvalue weighted by atomic mass is 16.1. The molecule has 0 fully saturated rings. The molecule has 1 atom stereocenters. The fourth-order valence-electron chi connectivity index (χ4n) is 1.62. The van der Waals surface area contributed by atoms with Gasteiger partial charge in [-0.25, -0.2) is 0 Å². The summed E-state index contributed by atoms with van der Waals surface area (Å²) in [5, 5.41) is 2.99. The van der Waals surface area contributed by atoms with Crippen molar-refractivity contribution in [2.24, 2.45) is 5.73 Å². The van der Waals surface area contributed by atoms with Crippen LogP contribution in [0.25, 0.3) is 0 Å². The van der Waals surface area contributed by atoms with Crippen LogP contribution >= 0.6 is 0 Å². The molecule has 0 spiro atoms. The largest absolute Gasteiger partial charge is 0.350 e. The summed E-state index contributed by atoms with van der Waals surface area (Å²) in [5.74, 6) is -0.0233. The highest BCUT2D eigenvalue weighted by Gasteiger charge is 2.09. The van der Waals surface area contributed by atoms with Crippen molar-refractivity contribution in [2.45, 2.75) is 25.9 Å². The quantitative estimate of drug-likeness (QED) is 0.797.